The van der Waals surface area contributed by atoms with Crippen molar-refractivity contribution in [1.82, 2.24) is 0 Å². The maximum absolute atomic E-state index is 10.7. The molecule has 0 aliphatic rings. The number of hydrogen-bond acceptors (Lipinski definition) is 3. The number of nitrogens with two attached hydrogens (primary N) is 1. The fourth-order valence-electron chi connectivity index (χ4n) is 1.20. The minimum Gasteiger partial charge on any atom is -0.478 e. The Labute approximate surface area is 79.8 Å². The lowest BCUT2D eigenvalue weighted by Gasteiger charge is -2.07. The van der Waals surface area contributed by atoms with Gasteiger partial charge < -0.3 is 15.9 Å². The monoisotopic (exact) mass is 195 g/mol. The number of rotatable bonds is 2. The van der Waals surface area contributed by atoms with Crippen molar-refractivity contribution in [2.24, 2.45) is 0 Å². The zero-order valence-corrected chi connectivity index (χ0v) is 7.44. The summed E-state index contributed by atoms with van der Waals surface area (Å²) in [5, 5.41) is 17.5. The largest absolute Gasteiger partial charge is 0.478 e. The summed E-state index contributed by atoms with van der Waals surface area (Å²) >= 11 is 0. The molecule has 0 heterocycles. The van der Waals surface area contributed by atoms with Crippen molar-refractivity contribution < 1.29 is 19.8 Å². The first-order valence-corrected chi connectivity index (χ1v) is 3.80. The molecule has 5 nitrogen and oxygen atoms in total. The Hall–Kier alpha value is -2.04. The van der Waals surface area contributed by atoms with E-state index in [9.17, 15) is 9.59 Å². The summed E-state index contributed by atoms with van der Waals surface area (Å²) in [5.41, 5.74) is 5.33. The van der Waals surface area contributed by atoms with Crippen molar-refractivity contribution >= 4 is 17.6 Å². The molecule has 1 rings (SSSR count). The molecule has 0 bridgehead atoms. The van der Waals surface area contributed by atoms with Gasteiger partial charge in [-0.1, -0.05) is 6.07 Å². The Balaban J connectivity index is 3.49. The second-order valence-corrected chi connectivity index (χ2v) is 2.83. The van der Waals surface area contributed by atoms with Gasteiger partial charge in [0.2, 0.25) is 0 Å². The van der Waals surface area contributed by atoms with Crippen LogP contribution in [0.3, 0.4) is 0 Å². The van der Waals surface area contributed by atoms with Crippen LogP contribution >= 0.6 is 0 Å². The highest BCUT2D eigenvalue weighted by Gasteiger charge is 2.17. The molecule has 0 fully saturated rings. The minimum atomic E-state index is -1.23. The summed E-state index contributed by atoms with van der Waals surface area (Å²) in [5.74, 6) is -2.45. The predicted molar refractivity (Wildman–Crippen MR) is 49.5 cm³/mol. The van der Waals surface area contributed by atoms with Crippen molar-refractivity contribution in [1.29, 1.82) is 0 Å². The van der Waals surface area contributed by atoms with Crippen LogP contribution < -0.4 is 5.73 Å². The molecule has 0 spiro atoms. The lowest BCUT2D eigenvalue weighted by molar-refractivity contribution is 0.0695. The van der Waals surface area contributed by atoms with Gasteiger partial charge in [0.05, 0.1) is 16.8 Å². The summed E-state index contributed by atoms with van der Waals surface area (Å²) in [6.45, 7) is 1.56. The van der Waals surface area contributed by atoms with Gasteiger partial charge in [0.1, 0.15) is 0 Å². The van der Waals surface area contributed by atoms with Crippen LogP contribution in [0.5, 0.6) is 0 Å². The van der Waals surface area contributed by atoms with Crippen LogP contribution in [0, 0.1) is 6.92 Å². The average Bonchev–Trinajstić information content (AvgIpc) is 2.02. The summed E-state index contributed by atoms with van der Waals surface area (Å²) in [7, 11) is 0. The maximum atomic E-state index is 10.7. The molecule has 0 saturated carbocycles. The lowest BCUT2D eigenvalue weighted by Crippen LogP contribution is -2.10. The van der Waals surface area contributed by atoms with Crippen LogP contribution in [0.25, 0.3) is 0 Å². The predicted octanol–water partition coefficient (Wildman–Crippen LogP) is 0.974. The Morgan fingerprint density at radius 3 is 2.21 bits per heavy atom. The zero-order chi connectivity index (χ0) is 10.9. The van der Waals surface area contributed by atoms with Gasteiger partial charge in [0.25, 0.3) is 0 Å². The maximum Gasteiger partial charge on any atom is 0.338 e. The van der Waals surface area contributed by atoms with E-state index in [4.69, 9.17) is 15.9 Å². The van der Waals surface area contributed by atoms with Gasteiger partial charge in [0, 0.05) is 0 Å². The molecule has 74 valence electrons. The first kappa shape index (κ1) is 10.0. The number of carboxylic acids is 2. The third-order valence-corrected chi connectivity index (χ3v) is 1.90. The minimum absolute atomic E-state index is 0.148. The first-order chi connectivity index (χ1) is 6.45. The highest BCUT2D eigenvalue weighted by molar-refractivity contribution is 6.03. The highest BCUT2D eigenvalue weighted by atomic mass is 16.4. The number of aryl methyl sites for hydroxylation is 1. The average molecular weight is 195 g/mol. The molecule has 14 heavy (non-hydrogen) atoms. The van der Waals surface area contributed by atoms with E-state index in [1.807, 2.05) is 0 Å². The number of carbonyl (C=O) groups is 2. The van der Waals surface area contributed by atoms with Crippen molar-refractivity contribution in [3.8, 4) is 0 Å². The quantitative estimate of drug-likeness (QED) is 0.610. The second-order valence-electron chi connectivity index (χ2n) is 2.83. The number of carboxylic acid groups (broad SMARTS) is 2. The van der Waals surface area contributed by atoms with Crippen molar-refractivity contribution in [3.05, 3.63) is 28.8 Å². The van der Waals surface area contributed by atoms with Crippen LogP contribution in [0.4, 0.5) is 5.69 Å². The van der Waals surface area contributed by atoms with E-state index >= 15 is 0 Å². The molecule has 1 aromatic rings. The topological polar surface area (TPSA) is 101 Å². The second kappa shape index (κ2) is 3.37. The summed E-state index contributed by atoms with van der Waals surface area (Å²) < 4.78 is 0. The molecular formula is C9H9NO4. The zero-order valence-electron chi connectivity index (χ0n) is 7.44. The van der Waals surface area contributed by atoms with E-state index in [2.05, 4.69) is 0 Å². The summed E-state index contributed by atoms with van der Waals surface area (Å²) in [6.07, 6.45) is 0. The number of hydrogen-bond donors (Lipinski definition) is 3. The van der Waals surface area contributed by atoms with Crippen molar-refractivity contribution in [2.75, 3.05) is 5.73 Å². The number of anilines is 1. The normalized spacial score (nSPS) is 9.79. The fourth-order valence-corrected chi connectivity index (χ4v) is 1.20. The van der Waals surface area contributed by atoms with Crippen molar-refractivity contribution in [3.63, 3.8) is 0 Å². The van der Waals surface area contributed by atoms with Gasteiger partial charge >= 0.3 is 11.9 Å². The molecule has 0 amide bonds. The van der Waals surface area contributed by atoms with E-state index in [1.165, 1.54) is 12.1 Å². The van der Waals surface area contributed by atoms with Gasteiger partial charge in [-0.15, -0.1) is 0 Å². The van der Waals surface area contributed by atoms with Gasteiger partial charge in [-0.3, -0.25) is 0 Å². The molecule has 0 aliphatic heterocycles. The van der Waals surface area contributed by atoms with E-state index < -0.39 is 11.9 Å². The molecule has 4 N–H and O–H groups in total. The van der Waals surface area contributed by atoms with Crippen LogP contribution in [-0.4, -0.2) is 22.2 Å². The summed E-state index contributed by atoms with van der Waals surface area (Å²) in [6, 6.07) is 2.71. The molecule has 0 atom stereocenters. The Kier molecular flexibility index (Phi) is 2.42. The van der Waals surface area contributed by atoms with Gasteiger partial charge in [-0.25, -0.2) is 9.59 Å². The standard InChI is InChI=1S/C9H9NO4/c1-4-2-3-5(8(11)12)7(10)6(4)9(13)14/h2-3H,10H2,1H3,(H,11,12)(H,13,14). The molecule has 0 aromatic heterocycles. The van der Waals surface area contributed by atoms with Crippen LogP contribution in [0.15, 0.2) is 12.1 Å². The molecule has 0 unspecified atom stereocenters. The van der Waals surface area contributed by atoms with Gasteiger partial charge in [0.15, 0.2) is 0 Å². The number of aromatic carboxylic acids is 2. The van der Waals surface area contributed by atoms with E-state index in [1.54, 1.807) is 6.92 Å². The molecule has 0 radical (unpaired) electrons. The number of benzene rings is 1. The van der Waals surface area contributed by atoms with Crippen LogP contribution in [-0.2, 0) is 0 Å². The summed E-state index contributed by atoms with van der Waals surface area (Å²) in [4.78, 5) is 21.4. The lowest BCUT2D eigenvalue weighted by atomic mass is 10.0. The Bertz CT molecular complexity index is 412. The third kappa shape index (κ3) is 1.52. The smallest absolute Gasteiger partial charge is 0.338 e. The van der Waals surface area contributed by atoms with E-state index in [0.29, 0.717) is 5.56 Å². The molecular weight excluding hydrogens is 186 g/mol. The fraction of sp³-hybridized carbons (Fsp3) is 0.111. The van der Waals surface area contributed by atoms with E-state index in [-0.39, 0.29) is 16.8 Å². The first-order valence-electron chi connectivity index (χ1n) is 3.80. The molecule has 0 saturated heterocycles. The number of nitrogen functional groups attached to an aromatic ring is 1. The molecule has 1 aromatic carbocycles. The SMILES string of the molecule is Cc1ccc(C(=O)O)c(N)c1C(=O)O. The highest BCUT2D eigenvalue weighted by Crippen LogP contribution is 2.21. The van der Waals surface area contributed by atoms with Crippen molar-refractivity contribution in [2.45, 2.75) is 6.92 Å². The van der Waals surface area contributed by atoms with Gasteiger partial charge in [-0.2, -0.15) is 0 Å². The Morgan fingerprint density at radius 2 is 1.79 bits per heavy atom. The van der Waals surface area contributed by atoms with E-state index in [0.717, 1.165) is 0 Å². The van der Waals surface area contributed by atoms with Crippen LogP contribution in [0.1, 0.15) is 26.3 Å². The molecule has 0 aliphatic carbocycles. The van der Waals surface area contributed by atoms with Crippen LogP contribution in [0.2, 0.25) is 0 Å². The Morgan fingerprint density at radius 1 is 1.21 bits per heavy atom. The molecule has 5 heteroatoms. The van der Waals surface area contributed by atoms with Gasteiger partial charge in [-0.05, 0) is 18.6 Å². The third-order valence-electron chi connectivity index (χ3n) is 1.90.